The zero-order chi connectivity index (χ0) is 13.0. The van der Waals surface area contributed by atoms with Gasteiger partial charge >= 0.3 is 0 Å². The van der Waals surface area contributed by atoms with Crippen molar-refractivity contribution in [2.45, 2.75) is 6.92 Å². The van der Waals surface area contributed by atoms with Crippen LogP contribution in [0.5, 0.6) is 0 Å². The monoisotopic (exact) mass is 378 g/mol. The summed E-state index contributed by atoms with van der Waals surface area (Å²) in [4.78, 5) is 14.1. The van der Waals surface area contributed by atoms with Crippen molar-refractivity contribution in [3.8, 4) is 0 Å². The molecule has 0 aliphatic carbocycles. The molecule has 0 saturated heterocycles. The molecule has 0 atom stereocenters. The van der Waals surface area contributed by atoms with Crippen LogP contribution in [-0.2, 0) is 0 Å². The van der Waals surface area contributed by atoms with Gasteiger partial charge in [-0.05, 0) is 41.1 Å². The second kappa shape index (κ2) is 6.47. The van der Waals surface area contributed by atoms with Crippen LogP contribution < -0.4 is 5.73 Å². The van der Waals surface area contributed by atoms with E-state index < -0.39 is 0 Å². The predicted molar refractivity (Wildman–Crippen MR) is 80.2 cm³/mol. The molecule has 0 bridgehead atoms. The number of thiocarbonyl (C=S) groups is 1. The highest BCUT2D eigenvalue weighted by Gasteiger charge is 2.17. The Hall–Kier alpha value is -0.460. The first-order valence-electron chi connectivity index (χ1n) is 4.98. The molecule has 0 unspecified atom stereocenters. The maximum atomic E-state index is 12.2. The van der Waals surface area contributed by atoms with Gasteiger partial charge in [0.15, 0.2) is 0 Å². The summed E-state index contributed by atoms with van der Waals surface area (Å²) in [6.07, 6.45) is 0. The molecule has 6 heteroatoms. The number of nitrogens with zero attached hydrogens (tertiary/aromatic N) is 1. The number of carbonyl (C=O) groups is 1. The minimum absolute atomic E-state index is 0.0836. The van der Waals surface area contributed by atoms with Crippen molar-refractivity contribution >= 4 is 55.0 Å². The molecule has 0 fully saturated rings. The van der Waals surface area contributed by atoms with Crippen LogP contribution in [0.15, 0.2) is 27.1 Å². The third-order valence-electron chi connectivity index (χ3n) is 2.18. The number of amides is 1. The molecule has 92 valence electrons. The van der Waals surface area contributed by atoms with Crippen molar-refractivity contribution in [1.29, 1.82) is 0 Å². The van der Waals surface area contributed by atoms with E-state index in [2.05, 4.69) is 31.9 Å². The lowest BCUT2D eigenvalue weighted by Gasteiger charge is -2.20. The maximum absolute atomic E-state index is 12.2. The van der Waals surface area contributed by atoms with Gasteiger partial charge in [0, 0.05) is 15.5 Å². The van der Waals surface area contributed by atoms with E-state index in [9.17, 15) is 4.79 Å². The van der Waals surface area contributed by atoms with Crippen molar-refractivity contribution < 1.29 is 4.79 Å². The summed E-state index contributed by atoms with van der Waals surface area (Å²) >= 11 is 11.5. The van der Waals surface area contributed by atoms with Gasteiger partial charge in [-0.15, -0.1) is 0 Å². The summed E-state index contributed by atoms with van der Waals surface area (Å²) < 4.78 is 1.66. The lowest BCUT2D eigenvalue weighted by atomic mass is 10.2. The first kappa shape index (κ1) is 14.6. The maximum Gasteiger partial charge on any atom is 0.255 e. The molecular weight excluding hydrogens is 368 g/mol. The molecule has 1 rings (SSSR count). The van der Waals surface area contributed by atoms with Crippen LogP contribution >= 0.6 is 44.1 Å². The first-order valence-corrected chi connectivity index (χ1v) is 6.97. The van der Waals surface area contributed by atoms with Gasteiger partial charge < -0.3 is 10.6 Å². The van der Waals surface area contributed by atoms with Gasteiger partial charge in [-0.25, -0.2) is 0 Å². The number of nitrogens with two attached hydrogens (primary N) is 1. The molecule has 2 N–H and O–H groups in total. The van der Waals surface area contributed by atoms with Gasteiger partial charge in [0.2, 0.25) is 0 Å². The van der Waals surface area contributed by atoms with Crippen molar-refractivity contribution in [3.05, 3.63) is 32.7 Å². The third-order valence-corrected chi connectivity index (χ3v) is 3.46. The molecule has 0 heterocycles. The lowest BCUT2D eigenvalue weighted by Crippen LogP contribution is -2.37. The first-order chi connectivity index (χ1) is 7.95. The highest BCUT2D eigenvalue weighted by molar-refractivity contribution is 9.11. The Labute approximate surface area is 123 Å². The summed E-state index contributed by atoms with van der Waals surface area (Å²) in [6.45, 7) is 2.76. The van der Waals surface area contributed by atoms with E-state index in [1.54, 1.807) is 11.0 Å². The number of benzene rings is 1. The SMILES string of the molecule is CCN(CC(N)=S)C(=O)c1ccc(Br)cc1Br. The molecule has 17 heavy (non-hydrogen) atoms. The number of hydrogen-bond donors (Lipinski definition) is 1. The summed E-state index contributed by atoms with van der Waals surface area (Å²) in [7, 11) is 0. The van der Waals surface area contributed by atoms with E-state index in [0.29, 0.717) is 23.6 Å². The standard InChI is InChI=1S/C11H12Br2N2OS/c1-2-15(6-10(14)17)11(16)8-4-3-7(12)5-9(8)13/h3-5H,2,6H2,1H3,(H2,14,17). The molecular formula is C11H12Br2N2OS. The Morgan fingerprint density at radius 1 is 1.47 bits per heavy atom. The summed E-state index contributed by atoms with van der Waals surface area (Å²) in [6, 6.07) is 5.42. The molecule has 1 aromatic carbocycles. The van der Waals surface area contributed by atoms with Crippen molar-refractivity contribution in [2.24, 2.45) is 5.73 Å². The van der Waals surface area contributed by atoms with Gasteiger partial charge in [0.05, 0.1) is 17.1 Å². The van der Waals surface area contributed by atoms with Crippen LogP contribution in [0.4, 0.5) is 0 Å². The van der Waals surface area contributed by atoms with E-state index in [0.717, 1.165) is 8.95 Å². The molecule has 0 aliphatic rings. The van der Waals surface area contributed by atoms with Gasteiger partial charge in [-0.3, -0.25) is 4.79 Å². The Kier molecular flexibility index (Phi) is 5.55. The topological polar surface area (TPSA) is 46.3 Å². The van der Waals surface area contributed by atoms with Crippen molar-refractivity contribution in [2.75, 3.05) is 13.1 Å². The van der Waals surface area contributed by atoms with Crippen LogP contribution in [0.1, 0.15) is 17.3 Å². The van der Waals surface area contributed by atoms with E-state index in [-0.39, 0.29) is 5.91 Å². The smallest absolute Gasteiger partial charge is 0.255 e. The second-order valence-corrected chi connectivity index (χ2v) is 5.70. The van der Waals surface area contributed by atoms with Crippen LogP contribution in [-0.4, -0.2) is 28.9 Å². The quantitative estimate of drug-likeness (QED) is 0.818. The molecule has 1 aromatic rings. The minimum Gasteiger partial charge on any atom is -0.392 e. The molecule has 1 amide bonds. The van der Waals surface area contributed by atoms with E-state index in [4.69, 9.17) is 18.0 Å². The average molecular weight is 380 g/mol. The Balaban J connectivity index is 2.97. The Bertz CT molecular complexity index is 451. The fourth-order valence-corrected chi connectivity index (χ4v) is 2.72. The number of hydrogen-bond acceptors (Lipinski definition) is 2. The van der Waals surface area contributed by atoms with Crippen molar-refractivity contribution in [1.82, 2.24) is 4.90 Å². The summed E-state index contributed by atoms with van der Waals surface area (Å²) in [5.41, 5.74) is 6.07. The van der Waals surface area contributed by atoms with Crippen LogP contribution in [0.2, 0.25) is 0 Å². The Morgan fingerprint density at radius 2 is 2.12 bits per heavy atom. The minimum atomic E-state index is -0.0836. The molecule has 0 spiro atoms. The van der Waals surface area contributed by atoms with Crippen molar-refractivity contribution in [3.63, 3.8) is 0 Å². The van der Waals surface area contributed by atoms with E-state index in [1.165, 1.54) is 0 Å². The highest BCUT2D eigenvalue weighted by Crippen LogP contribution is 2.23. The number of rotatable bonds is 4. The fraction of sp³-hybridized carbons (Fsp3) is 0.273. The zero-order valence-corrected chi connectivity index (χ0v) is 13.2. The number of carbonyl (C=O) groups excluding carboxylic acids is 1. The fourth-order valence-electron chi connectivity index (χ4n) is 1.35. The van der Waals surface area contributed by atoms with E-state index >= 15 is 0 Å². The predicted octanol–water partition coefficient (Wildman–Crippen LogP) is 2.96. The summed E-state index contributed by atoms with van der Waals surface area (Å²) in [5.74, 6) is -0.0836. The largest absolute Gasteiger partial charge is 0.392 e. The molecule has 0 saturated carbocycles. The number of likely N-dealkylation sites (N-methyl/N-ethyl adjacent to an activating group) is 1. The van der Waals surface area contributed by atoms with Gasteiger partial charge in [0.1, 0.15) is 0 Å². The number of halogens is 2. The zero-order valence-electron chi connectivity index (χ0n) is 9.24. The average Bonchev–Trinajstić information content (AvgIpc) is 2.24. The highest BCUT2D eigenvalue weighted by atomic mass is 79.9. The molecule has 0 aromatic heterocycles. The van der Waals surface area contributed by atoms with E-state index in [1.807, 2.05) is 19.1 Å². The van der Waals surface area contributed by atoms with Gasteiger partial charge in [-0.2, -0.15) is 0 Å². The van der Waals surface area contributed by atoms with Crippen LogP contribution in [0.25, 0.3) is 0 Å². The summed E-state index contributed by atoms with van der Waals surface area (Å²) in [5, 5.41) is 0. The molecule has 0 aliphatic heterocycles. The normalized spacial score (nSPS) is 10.1. The van der Waals surface area contributed by atoms with Crippen LogP contribution in [0.3, 0.4) is 0 Å². The second-order valence-electron chi connectivity index (χ2n) is 3.41. The Morgan fingerprint density at radius 3 is 2.59 bits per heavy atom. The third kappa shape index (κ3) is 4.04. The van der Waals surface area contributed by atoms with Crippen LogP contribution in [0, 0.1) is 0 Å². The lowest BCUT2D eigenvalue weighted by molar-refractivity contribution is 0.0787. The van der Waals surface area contributed by atoms with Gasteiger partial charge in [0.25, 0.3) is 5.91 Å². The molecule has 0 radical (unpaired) electrons. The van der Waals surface area contributed by atoms with Gasteiger partial charge in [-0.1, -0.05) is 28.1 Å². The molecule has 3 nitrogen and oxygen atoms in total.